The second kappa shape index (κ2) is 7.17. The zero-order chi connectivity index (χ0) is 18.8. The van der Waals surface area contributed by atoms with Crippen molar-refractivity contribution in [2.75, 3.05) is 10.6 Å². The molecule has 0 aliphatic rings. The van der Waals surface area contributed by atoms with Crippen LogP contribution in [0.25, 0.3) is 22.2 Å². The molecule has 0 aliphatic carbocycles. The molecule has 4 aromatic rings. The topological polar surface area (TPSA) is 56.9 Å². The maximum atomic E-state index is 12.3. The molecule has 0 unspecified atom stereocenters. The number of H-pyrrole nitrogens is 1. The van der Waals surface area contributed by atoms with Crippen LogP contribution in [0.3, 0.4) is 0 Å². The number of halogens is 1. The third kappa shape index (κ3) is 3.81. The van der Waals surface area contributed by atoms with Crippen LogP contribution >= 0.6 is 11.6 Å². The minimum absolute atomic E-state index is 0.273. The average molecular weight is 376 g/mol. The summed E-state index contributed by atoms with van der Waals surface area (Å²) in [6.07, 6.45) is 0. The van der Waals surface area contributed by atoms with Crippen molar-refractivity contribution in [3.63, 3.8) is 0 Å². The molecule has 3 aromatic carbocycles. The number of rotatable bonds is 3. The van der Waals surface area contributed by atoms with Gasteiger partial charge in [-0.15, -0.1) is 0 Å². The van der Waals surface area contributed by atoms with Gasteiger partial charge in [0.05, 0.1) is 0 Å². The summed E-state index contributed by atoms with van der Waals surface area (Å²) in [5.74, 6) is 0. The monoisotopic (exact) mass is 375 g/mol. The highest BCUT2D eigenvalue weighted by Crippen LogP contribution is 2.28. The zero-order valence-corrected chi connectivity index (χ0v) is 15.5. The van der Waals surface area contributed by atoms with Crippen molar-refractivity contribution in [1.82, 2.24) is 4.98 Å². The van der Waals surface area contributed by atoms with Crippen LogP contribution in [0.2, 0.25) is 5.02 Å². The van der Waals surface area contributed by atoms with E-state index in [1.54, 1.807) is 0 Å². The second-order valence-corrected chi connectivity index (χ2v) is 6.83. The van der Waals surface area contributed by atoms with Crippen LogP contribution < -0.4 is 10.6 Å². The lowest BCUT2D eigenvalue weighted by molar-refractivity contribution is 0.262. The highest BCUT2D eigenvalue weighted by molar-refractivity contribution is 6.31. The first-order chi connectivity index (χ1) is 13.1. The van der Waals surface area contributed by atoms with Crippen LogP contribution in [0, 0.1) is 6.92 Å². The van der Waals surface area contributed by atoms with Gasteiger partial charge < -0.3 is 15.6 Å². The van der Waals surface area contributed by atoms with Gasteiger partial charge in [-0.1, -0.05) is 41.9 Å². The Kier molecular flexibility index (Phi) is 4.57. The molecule has 1 heterocycles. The fourth-order valence-electron chi connectivity index (χ4n) is 3.02. The van der Waals surface area contributed by atoms with Gasteiger partial charge >= 0.3 is 6.03 Å². The summed E-state index contributed by atoms with van der Waals surface area (Å²) < 4.78 is 0. The Labute approximate surface area is 162 Å². The largest absolute Gasteiger partial charge is 0.355 e. The van der Waals surface area contributed by atoms with Crippen LogP contribution in [0.4, 0.5) is 16.2 Å². The van der Waals surface area contributed by atoms with Crippen molar-refractivity contribution in [2.24, 2.45) is 0 Å². The number of nitrogens with one attached hydrogen (secondary N) is 3. The van der Waals surface area contributed by atoms with Gasteiger partial charge in [-0.25, -0.2) is 4.79 Å². The van der Waals surface area contributed by atoms with Crippen LogP contribution in [0.1, 0.15) is 5.56 Å². The van der Waals surface area contributed by atoms with Gasteiger partial charge in [0.25, 0.3) is 0 Å². The molecule has 2 amide bonds. The van der Waals surface area contributed by atoms with E-state index in [9.17, 15) is 4.79 Å². The lowest BCUT2D eigenvalue weighted by atomic mass is 10.1. The molecule has 134 valence electrons. The number of hydrogen-bond acceptors (Lipinski definition) is 1. The molecule has 0 spiro atoms. The van der Waals surface area contributed by atoms with Crippen LogP contribution in [-0.4, -0.2) is 11.0 Å². The quantitative estimate of drug-likeness (QED) is 0.379. The Balaban J connectivity index is 1.55. The van der Waals surface area contributed by atoms with Crippen molar-refractivity contribution in [3.8, 4) is 11.3 Å². The molecule has 3 N–H and O–H groups in total. The van der Waals surface area contributed by atoms with Crippen molar-refractivity contribution in [1.29, 1.82) is 0 Å². The van der Waals surface area contributed by atoms with E-state index < -0.39 is 0 Å². The lowest BCUT2D eigenvalue weighted by Gasteiger charge is -2.10. The first kappa shape index (κ1) is 17.2. The number of para-hydroxylation sites is 1. The smallest absolute Gasteiger partial charge is 0.323 e. The Morgan fingerprint density at radius 1 is 0.926 bits per heavy atom. The van der Waals surface area contributed by atoms with E-state index in [0.717, 1.165) is 39.1 Å². The van der Waals surface area contributed by atoms with Gasteiger partial charge in [-0.05, 0) is 55.0 Å². The fraction of sp³-hybridized carbons (Fsp3) is 0.0455. The minimum Gasteiger partial charge on any atom is -0.355 e. The summed E-state index contributed by atoms with van der Waals surface area (Å²) in [6, 6.07) is 22.9. The minimum atomic E-state index is -0.273. The fourth-order valence-corrected chi connectivity index (χ4v) is 3.20. The zero-order valence-electron chi connectivity index (χ0n) is 14.7. The van der Waals surface area contributed by atoms with E-state index in [1.807, 2.05) is 79.7 Å². The van der Waals surface area contributed by atoms with Crippen molar-refractivity contribution >= 4 is 39.9 Å². The SMILES string of the molecule is Cc1ccccc1NC(=O)Nc1cccc(-c2cc3cc(Cl)ccc3[nH]2)c1. The van der Waals surface area contributed by atoms with Crippen molar-refractivity contribution in [3.05, 3.63) is 83.4 Å². The molecule has 27 heavy (non-hydrogen) atoms. The maximum Gasteiger partial charge on any atom is 0.323 e. The molecule has 0 fully saturated rings. The molecule has 4 rings (SSSR count). The van der Waals surface area contributed by atoms with Crippen molar-refractivity contribution in [2.45, 2.75) is 6.92 Å². The van der Waals surface area contributed by atoms with Crippen LogP contribution in [0.15, 0.2) is 72.8 Å². The number of urea groups is 1. The number of hydrogen-bond donors (Lipinski definition) is 3. The molecule has 4 nitrogen and oxygen atoms in total. The average Bonchev–Trinajstić information content (AvgIpc) is 3.07. The number of benzene rings is 3. The molecule has 1 aromatic heterocycles. The van der Waals surface area contributed by atoms with Gasteiger partial charge in [-0.2, -0.15) is 0 Å². The number of anilines is 2. The number of aromatic amines is 1. The molecular formula is C22H18ClN3O. The standard InChI is InChI=1S/C22H18ClN3O/c1-14-5-2-3-8-19(14)26-22(27)24-18-7-4-6-15(12-18)21-13-16-11-17(23)9-10-20(16)25-21/h2-13,25H,1H3,(H2,24,26,27). The van der Waals surface area contributed by atoms with E-state index in [-0.39, 0.29) is 6.03 Å². The summed E-state index contributed by atoms with van der Waals surface area (Å²) in [4.78, 5) is 15.7. The van der Waals surface area contributed by atoms with Gasteiger partial charge in [0.2, 0.25) is 0 Å². The molecule has 0 atom stereocenters. The number of amides is 2. The molecule has 0 aliphatic heterocycles. The number of carbonyl (C=O) groups is 1. The Morgan fingerprint density at radius 2 is 1.78 bits per heavy atom. The molecule has 0 bridgehead atoms. The van der Waals surface area contributed by atoms with Crippen molar-refractivity contribution < 1.29 is 4.79 Å². The highest BCUT2D eigenvalue weighted by Gasteiger charge is 2.08. The number of carbonyl (C=O) groups excluding carboxylic acids is 1. The molecule has 0 saturated carbocycles. The highest BCUT2D eigenvalue weighted by atomic mass is 35.5. The lowest BCUT2D eigenvalue weighted by Crippen LogP contribution is -2.19. The van der Waals surface area contributed by atoms with E-state index in [0.29, 0.717) is 5.02 Å². The predicted octanol–water partition coefficient (Wildman–Crippen LogP) is 6.44. The Morgan fingerprint density at radius 3 is 2.63 bits per heavy atom. The normalized spacial score (nSPS) is 10.7. The summed E-state index contributed by atoms with van der Waals surface area (Å²) in [5.41, 5.74) is 5.49. The van der Waals surface area contributed by atoms with Crippen LogP contribution in [0.5, 0.6) is 0 Å². The molecule has 0 saturated heterocycles. The van der Waals surface area contributed by atoms with Gasteiger partial charge in [-0.3, -0.25) is 0 Å². The summed E-state index contributed by atoms with van der Waals surface area (Å²) in [5, 5.41) is 7.51. The van der Waals surface area contributed by atoms with Crippen LogP contribution in [-0.2, 0) is 0 Å². The summed E-state index contributed by atoms with van der Waals surface area (Å²) >= 11 is 6.07. The maximum absolute atomic E-state index is 12.3. The number of aryl methyl sites for hydroxylation is 1. The van der Waals surface area contributed by atoms with E-state index >= 15 is 0 Å². The Hall–Kier alpha value is -3.24. The molecule has 0 radical (unpaired) electrons. The summed E-state index contributed by atoms with van der Waals surface area (Å²) in [7, 11) is 0. The first-order valence-electron chi connectivity index (χ1n) is 8.61. The third-order valence-electron chi connectivity index (χ3n) is 4.41. The van der Waals surface area contributed by atoms with E-state index in [4.69, 9.17) is 11.6 Å². The number of aromatic nitrogens is 1. The summed E-state index contributed by atoms with van der Waals surface area (Å²) in [6.45, 7) is 1.96. The van der Waals surface area contributed by atoms with Gasteiger partial charge in [0.1, 0.15) is 0 Å². The third-order valence-corrected chi connectivity index (χ3v) is 4.64. The molecule has 5 heteroatoms. The van der Waals surface area contributed by atoms with Gasteiger partial charge in [0.15, 0.2) is 0 Å². The number of fused-ring (bicyclic) bond motifs is 1. The predicted molar refractivity (Wildman–Crippen MR) is 113 cm³/mol. The Bertz CT molecular complexity index is 1130. The molecular weight excluding hydrogens is 358 g/mol. The van der Waals surface area contributed by atoms with E-state index in [2.05, 4.69) is 15.6 Å². The first-order valence-corrected chi connectivity index (χ1v) is 8.99. The van der Waals surface area contributed by atoms with Gasteiger partial charge in [0, 0.05) is 38.6 Å². The van der Waals surface area contributed by atoms with E-state index in [1.165, 1.54) is 0 Å². The second-order valence-electron chi connectivity index (χ2n) is 6.39.